The molecule has 0 bridgehead atoms. The summed E-state index contributed by atoms with van der Waals surface area (Å²) in [5.74, 6) is 0. The molecule has 0 nitrogen and oxygen atoms in total. The highest BCUT2D eigenvalue weighted by Gasteiger charge is 2.28. The number of allylic oxidation sites excluding steroid dienone is 4. The third kappa shape index (κ3) is 3.85. The normalized spacial score (nSPS) is 13.8. The fourth-order valence-electron chi connectivity index (χ4n) is 2.69. The van der Waals surface area contributed by atoms with Gasteiger partial charge in [0.1, 0.15) is 0 Å². The quantitative estimate of drug-likeness (QED) is 0.484. The largest absolute Gasteiger partial charge is 0.0874 e. The summed E-state index contributed by atoms with van der Waals surface area (Å²) < 4.78 is 0. The maximum Gasteiger partial charge on any atom is -0.00532 e. The van der Waals surface area contributed by atoms with E-state index in [1.165, 1.54) is 37.7 Å². The van der Waals surface area contributed by atoms with Crippen LogP contribution >= 0.6 is 0 Å². The Bertz CT molecular complexity index is 202. The third-order valence-corrected chi connectivity index (χ3v) is 3.40. The molecular weight excluding hydrogens is 180 g/mol. The number of hydrogen-bond donors (Lipinski definition) is 0. The van der Waals surface area contributed by atoms with Gasteiger partial charge in [0, 0.05) is 0 Å². The lowest BCUT2D eigenvalue weighted by molar-refractivity contribution is 0.288. The van der Waals surface area contributed by atoms with Crippen LogP contribution in [0.25, 0.3) is 0 Å². The minimum atomic E-state index is 0.435. The Morgan fingerprint density at radius 3 is 1.80 bits per heavy atom. The summed E-state index contributed by atoms with van der Waals surface area (Å²) in [6.07, 6.45) is 13.2. The highest BCUT2D eigenvalue weighted by atomic mass is 14.3. The van der Waals surface area contributed by atoms with Crippen molar-refractivity contribution in [3.63, 3.8) is 0 Å². The first-order valence-electron chi connectivity index (χ1n) is 6.50. The van der Waals surface area contributed by atoms with E-state index in [2.05, 4.69) is 52.8 Å². The molecule has 0 radical (unpaired) electrons. The van der Waals surface area contributed by atoms with Gasteiger partial charge in [0.15, 0.2) is 0 Å². The molecule has 0 aromatic heterocycles. The van der Waals surface area contributed by atoms with Crippen LogP contribution in [0.2, 0.25) is 0 Å². The minimum absolute atomic E-state index is 0.435. The molecule has 0 aliphatic rings. The molecular formula is C15H28. The average molecular weight is 208 g/mol. The van der Waals surface area contributed by atoms with Gasteiger partial charge in [0.05, 0.1) is 0 Å². The molecule has 0 aromatic carbocycles. The molecule has 0 fully saturated rings. The summed E-state index contributed by atoms with van der Waals surface area (Å²) in [5.41, 5.74) is 1.97. The standard InChI is InChI=1S/C15H28/c1-6-11-14(9-4)15(10-5,12-7-2)13-8-3/h6,9,11H,7-8,10,12-13H2,1-5H3/b11-6-,14-9+. The summed E-state index contributed by atoms with van der Waals surface area (Å²) in [7, 11) is 0. The van der Waals surface area contributed by atoms with Crippen molar-refractivity contribution in [2.75, 3.05) is 0 Å². The topological polar surface area (TPSA) is 0 Å². The van der Waals surface area contributed by atoms with Crippen LogP contribution in [0.3, 0.4) is 0 Å². The summed E-state index contributed by atoms with van der Waals surface area (Å²) >= 11 is 0. The molecule has 0 N–H and O–H groups in total. The van der Waals surface area contributed by atoms with Crippen molar-refractivity contribution < 1.29 is 0 Å². The second kappa shape index (κ2) is 7.73. The lowest BCUT2D eigenvalue weighted by atomic mass is 9.71. The van der Waals surface area contributed by atoms with Crippen LogP contribution in [0.4, 0.5) is 0 Å². The van der Waals surface area contributed by atoms with Gasteiger partial charge in [-0.05, 0) is 44.1 Å². The first kappa shape index (κ1) is 14.5. The first-order chi connectivity index (χ1) is 7.20. The van der Waals surface area contributed by atoms with Crippen molar-refractivity contribution in [2.45, 2.75) is 66.7 Å². The van der Waals surface area contributed by atoms with Crippen molar-refractivity contribution in [1.29, 1.82) is 0 Å². The highest BCUT2D eigenvalue weighted by Crippen LogP contribution is 2.41. The molecule has 0 rings (SSSR count). The Kier molecular flexibility index (Phi) is 7.46. The molecule has 0 atom stereocenters. The van der Waals surface area contributed by atoms with Crippen LogP contribution in [0.5, 0.6) is 0 Å². The zero-order valence-corrected chi connectivity index (χ0v) is 11.3. The number of hydrogen-bond acceptors (Lipinski definition) is 0. The summed E-state index contributed by atoms with van der Waals surface area (Å²) in [5, 5.41) is 0. The van der Waals surface area contributed by atoms with Gasteiger partial charge in [-0.1, -0.05) is 51.8 Å². The molecule has 88 valence electrons. The molecule has 0 unspecified atom stereocenters. The van der Waals surface area contributed by atoms with Crippen molar-refractivity contribution in [1.82, 2.24) is 0 Å². The van der Waals surface area contributed by atoms with Crippen molar-refractivity contribution in [2.24, 2.45) is 5.41 Å². The Hall–Kier alpha value is -0.520. The van der Waals surface area contributed by atoms with Gasteiger partial charge in [-0.25, -0.2) is 0 Å². The second-order valence-corrected chi connectivity index (χ2v) is 4.38. The Morgan fingerprint density at radius 2 is 1.53 bits per heavy atom. The molecule has 0 aliphatic carbocycles. The molecule has 0 heteroatoms. The molecule has 0 aromatic rings. The highest BCUT2D eigenvalue weighted by molar-refractivity contribution is 5.26. The lowest BCUT2D eigenvalue weighted by Crippen LogP contribution is -2.21. The van der Waals surface area contributed by atoms with Gasteiger partial charge >= 0.3 is 0 Å². The Morgan fingerprint density at radius 1 is 1.00 bits per heavy atom. The number of rotatable bonds is 7. The molecule has 0 saturated carbocycles. The van der Waals surface area contributed by atoms with Gasteiger partial charge in [-0.15, -0.1) is 0 Å². The molecule has 0 saturated heterocycles. The maximum absolute atomic E-state index is 2.33. The van der Waals surface area contributed by atoms with Crippen LogP contribution in [-0.2, 0) is 0 Å². The SMILES string of the molecule is C/C=C\C(=C/C)C(CC)(CCC)CCC. The maximum atomic E-state index is 2.33. The van der Waals surface area contributed by atoms with Crippen molar-refractivity contribution in [3.05, 3.63) is 23.8 Å². The Labute approximate surface area is 96.5 Å². The zero-order chi connectivity index (χ0) is 11.7. The third-order valence-electron chi connectivity index (χ3n) is 3.40. The fraction of sp³-hybridized carbons (Fsp3) is 0.733. The van der Waals surface area contributed by atoms with Gasteiger partial charge in [-0.2, -0.15) is 0 Å². The van der Waals surface area contributed by atoms with E-state index in [1.807, 2.05) is 0 Å². The molecule has 0 amide bonds. The van der Waals surface area contributed by atoms with E-state index in [9.17, 15) is 0 Å². The molecule has 15 heavy (non-hydrogen) atoms. The van der Waals surface area contributed by atoms with Gasteiger partial charge in [0.25, 0.3) is 0 Å². The predicted molar refractivity (Wildman–Crippen MR) is 71.1 cm³/mol. The van der Waals surface area contributed by atoms with Crippen LogP contribution in [-0.4, -0.2) is 0 Å². The monoisotopic (exact) mass is 208 g/mol. The zero-order valence-electron chi connectivity index (χ0n) is 11.3. The molecule has 0 aliphatic heterocycles. The van der Waals surface area contributed by atoms with E-state index in [1.54, 1.807) is 0 Å². The van der Waals surface area contributed by atoms with Gasteiger partial charge < -0.3 is 0 Å². The smallest absolute Gasteiger partial charge is 0.00532 e. The average Bonchev–Trinajstić information content (AvgIpc) is 2.25. The summed E-state index contributed by atoms with van der Waals surface area (Å²) in [4.78, 5) is 0. The van der Waals surface area contributed by atoms with E-state index < -0.39 is 0 Å². The second-order valence-electron chi connectivity index (χ2n) is 4.38. The van der Waals surface area contributed by atoms with E-state index in [-0.39, 0.29) is 0 Å². The van der Waals surface area contributed by atoms with Crippen molar-refractivity contribution in [3.8, 4) is 0 Å². The Balaban J connectivity index is 5.00. The molecule has 0 heterocycles. The van der Waals surface area contributed by atoms with E-state index in [0.717, 1.165) is 0 Å². The van der Waals surface area contributed by atoms with Gasteiger partial charge in [0.2, 0.25) is 0 Å². The van der Waals surface area contributed by atoms with Crippen LogP contribution in [0, 0.1) is 5.41 Å². The van der Waals surface area contributed by atoms with Crippen molar-refractivity contribution >= 4 is 0 Å². The van der Waals surface area contributed by atoms with Crippen LogP contribution in [0.15, 0.2) is 23.8 Å². The lowest BCUT2D eigenvalue weighted by Gasteiger charge is -2.34. The summed E-state index contributed by atoms with van der Waals surface area (Å²) in [6, 6.07) is 0. The first-order valence-corrected chi connectivity index (χ1v) is 6.50. The van der Waals surface area contributed by atoms with E-state index >= 15 is 0 Å². The summed E-state index contributed by atoms with van der Waals surface area (Å²) in [6.45, 7) is 11.2. The fourth-order valence-corrected chi connectivity index (χ4v) is 2.69. The minimum Gasteiger partial charge on any atom is -0.0874 e. The van der Waals surface area contributed by atoms with Crippen LogP contribution < -0.4 is 0 Å². The predicted octanol–water partition coefficient (Wildman–Crippen LogP) is 5.51. The van der Waals surface area contributed by atoms with Crippen LogP contribution in [0.1, 0.15) is 66.7 Å². The van der Waals surface area contributed by atoms with E-state index in [4.69, 9.17) is 0 Å². The van der Waals surface area contributed by atoms with E-state index in [0.29, 0.717) is 5.41 Å². The molecule has 0 spiro atoms. The van der Waals surface area contributed by atoms with Gasteiger partial charge in [-0.3, -0.25) is 0 Å².